The average Bonchev–Trinajstić information content (AvgIpc) is 2.48. The molecule has 0 radical (unpaired) electrons. The highest BCUT2D eigenvalue weighted by Gasteiger charge is 2.28. The summed E-state index contributed by atoms with van der Waals surface area (Å²) >= 11 is 0. The van der Waals surface area contributed by atoms with Gasteiger partial charge in [-0.25, -0.2) is 8.42 Å². The largest absolute Gasteiger partial charge is 0.496 e. The number of aryl methyl sites for hydroxylation is 1. The summed E-state index contributed by atoms with van der Waals surface area (Å²) in [5.41, 5.74) is 0.823. The summed E-state index contributed by atoms with van der Waals surface area (Å²) in [7, 11) is -1.84. The Labute approximate surface area is 126 Å². The zero-order valence-corrected chi connectivity index (χ0v) is 13.4. The highest BCUT2D eigenvalue weighted by atomic mass is 32.2. The number of hydrogen-bond donors (Lipinski definition) is 0. The lowest BCUT2D eigenvalue weighted by Crippen LogP contribution is -2.48. The highest BCUT2D eigenvalue weighted by Crippen LogP contribution is 2.24. The summed E-state index contributed by atoms with van der Waals surface area (Å²) in [5.74, 6) is 0.699. The average molecular weight is 310 g/mol. The first-order valence-corrected chi connectivity index (χ1v) is 8.41. The minimum absolute atomic E-state index is 0.331. The molecule has 0 atom stereocenters. The zero-order chi connectivity index (χ0) is 15.5. The van der Waals surface area contributed by atoms with Crippen molar-refractivity contribution in [3.05, 3.63) is 36.4 Å². The van der Waals surface area contributed by atoms with Crippen LogP contribution >= 0.6 is 0 Å². The van der Waals surface area contributed by atoms with Gasteiger partial charge in [-0.3, -0.25) is 4.90 Å². The molecule has 1 aliphatic heterocycles. The summed E-state index contributed by atoms with van der Waals surface area (Å²) in [5, 5.41) is 0. The third-order valence-electron chi connectivity index (χ3n) is 3.72. The Kier molecular flexibility index (Phi) is 5.03. The Balaban J connectivity index is 2.15. The van der Waals surface area contributed by atoms with E-state index in [1.807, 2.05) is 13.0 Å². The number of benzene rings is 1. The smallest absolute Gasteiger partial charge is 0.243 e. The van der Waals surface area contributed by atoms with Gasteiger partial charge >= 0.3 is 0 Å². The molecule has 1 aromatic carbocycles. The molecule has 0 saturated carbocycles. The minimum atomic E-state index is -3.42. The first-order valence-electron chi connectivity index (χ1n) is 6.97. The molecule has 5 nitrogen and oxygen atoms in total. The second kappa shape index (κ2) is 6.60. The molecule has 0 bridgehead atoms. The summed E-state index contributed by atoms with van der Waals surface area (Å²) in [4.78, 5) is 2.52. The Morgan fingerprint density at radius 1 is 1.29 bits per heavy atom. The van der Waals surface area contributed by atoms with Crippen LogP contribution < -0.4 is 4.74 Å². The van der Waals surface area contributed by atoms with Gasteiger partial charge in [0.2, 0.25) is 10.0 Å². The van der Waals surface area contributed by atoms with Gasteiger partial charge in [-0.1, -0.05) is 6.08 Å². The summed E-state index contributed by atoms with van der Waals surface area (Å²) in [6.45, 7) is 8.86. The van der Waals surface area contributed by atoms with Crippen molar-refractivity contribution >= 4 is 10.0 Å². The molecule has 0 N–H and O–H groups in total. The Morgan fingerprint density at radius 2 is 1.95 bits per heavy atom. The fourth-order valence-electron chi connectivity index (χ4n) is 2.50. The molecule has 6 heteroatoms. The molecule has 21 heavy (non-hydrogen) atoms. The number of hydrogen-bond acceptors (Lipinski definition) is 4. The Hall–Kier alpha value is -1.37. The van der Waals surface area contributed by atoms with E-state index in [0.29, 0.717) is 23.7 Å². The third-order valence-corrected chi connectivity index (χ3v) is 5.62. The van der Waals surface area contributed by atoms with Crippen LogP contribution in [0.2, 0.25) is 0 Å². The highest BCUT2D eigenvalue weighted by molar-refractivity contribution is 7.89. The lowest BCUT2D eigenvalue weighted by molar-refractivity contribution is 0.204. The van der Waals surface area contributed by atoms with Gasteiger partial charge in [0, 0.05) is 32.7 Å². The van der Waals surface area contributed by atoms with E-state index in [4.69, 9.17) is 4.74 Å². The maximum Gasteiger partial charge on any atom is 0.243 e. The van der Waals surface area contributed by atoms with Crippen LogP contribution in [0.15, 0.2) is 35.7 Å². The van der Waals surface area contributed by atoms with Crippen LogP contribution in [0.3, 0.4) is 0 Å². The molecule has 1 saturated heterocycles. The van der Waals surface area contributed by atoms with Crippen LogP contribution in [0.25, 0.3) is 0 Å². The van der Waals surface area contributed by atoms with Crippen molar-refractivity contribution in [2.24, 2.45) is 0 Å². The van der Waals surface area contributed by atoms with Gasteiger partial charge in [0.05, 0.1) is 12.0 Å². The molecule has 1 heterocycles. The number of rotatable bonds is 5. The lowest BCUT2D eigenvalue weighted by atomic mass is 10.2. The molecule has 0 aliphatic carbocycles. The van der Waals surface area contributed by atoms with Crippen LogP contribution in [0.5, 0.6) is 5.75 Å². The molecule has 2 rings (SSSR count). The maximum atomic E-state index is 12.7. The van der Waals surface area contributed by atoms with Crippen LogP contribution in [0.1, 0.15) is 5.56 Å². The van der Waals surface area contributed by atoms with Gasteiger partial charge in [-0.05, 0) is 30.7 Å². The fraction of sp³-hybridized carbons (Fsp3) is 0.467. The second-order valence-corrected chi connectivity index (χ2v) is 7.06. The van der Waals surface area contributed by atoms with Crippen molar-refractivity contribution in [1.29, 1.82) is 0 Å². The summed E-state index contributed by atoms with van der Waals surface area (Å²) in [6, 6.07) is 4.98. The predicted octanol–water partition coefficient (Wildman–Crippen LogP) is 1.50. The molecular formula is C15H22N2O3S. The number of piperazine rings is 1. The maximum absolute atomic E-state index is 12.7. The summed E-state index contributed by atoms with van der Waals surface area (Å²) < 4.78 is 32.0. The number of methoxy groups -OCH3 is 1. The van der Waals surface area contributed by atoms with E-state index in [2.05, 4.69) is 11.5 Å². The molecule has 1 aliphatic rings. The van der Waals surface area contributed by atoms with Gasteiger partial charge in [-0.2, -0.15) is 4.31 Å². The predicted molar refractivity (Wildman–Crippen MR) is 83.1 cm³/mol. The van der Waals surface area contributed by atoms with E-state index in [1.165, 1.54) is 0 Å². The van der Waals surface area contributed by atoms with Gasteiger partial charge in [0.15, 0.2) is 0 Å². The van der Waals surface area contributed by atoms with Crippen LogP contribution in [-0.2, 0) is 10.0 Å². The molecule has 0 unspecified atom stereocenters. The van der Waals surface area contributed by atoms with Crippen molar-refractivity contribution in [2.75, 3.05) is 39.8 Å². The topological polar surface area (TPSA) is 49.9 Å². The minimum Gasteiger partial charge on any atom is -0.496 e. The van der Waals surface area contributed by atoms with E-state index < -0.39 is 10.0 Å². The standard InChI is InChI=1S/C15H22N2O3S/c1-4-7-16-8-10-17(11-9-16)21(18,19)14-5-6-15(20-3)13(2)12-14/h4-6,12H,1,7-11H2,2-3H3. The SMILES string of the molecule is C=CCN1CCN(S(=O)(=O)c2ccc(OC)c(C)c2)CC1. The van der Waals surface area contributed by atoms with E-state index in [-0.39, 0.29) is 0 Å². The molecular weight excluding hydrogens is 288 g/mol. The van der Waals surface area contributed by atoms with Crippen molar-refractivity contribution in [3.63, 3.8) is 0 Å². The first kappa shape index (κ1) is 16.0. The van der Waals surface area contributed by atoms with Gasteiger partial charge in [0.25, 0.3) is 0 Å². The lowest BCUT2D eigenvalue weighted by Gasteiger charge is -2.33. The van der Waals surface area contributed by atoms with Crippen molar-refractivity contribution < 1.29 is 13.2 Å². The third kappa shape index (κ3) is 3.45. The quantitative estimate of drug-likeness (QED) is 0.773. The molecule has 0 spiro atoms. The first-order chi connectivity index (χ1) is 9.98. The van der Waals surface area contributed by atoms with Crippen molar-refractivity contribution in [2.45, 2.75) is 11.8 Å². The molecule has 0 aromatic heterocycles. The van der Waals surface area contributed by atoms with Crippen molar-refractivity contribution in [3.8, 4) is 5.75 Å². The number of ether oxygens (including phenoxy) is 1. The van der Waals surface area contributed by atoms with Gasteiger partial charge in [0.1, 0.15) is 5.75 Å². The Morgan fingerprint density at radius 3 is 2.48 bits per heavy atom. The zero-order valence-electron chi connectivity index (χ0n) is 12.6. The summed E-state index contributed by atoms with van der Waals surface area (Å²) in [6.07, 6.45) is 1.84. The fourth-order valence-corrected chi connectivity index (χ4v) is 4.00. The van der Waals surface area contributed by atoms with E-state index in [1.54, 1.807) is 29.6 Å². The van der Waals surface area contributed by atoms with Crippen molar-refractivity contribution in [1.82, 2.24) is 9.21 Å². The molecule has 0 amide bonds. The van der Waals surface area contributed by atoms with E-state index in [0.717, 1.165) is 25.2 Å². The van der Waals surface area contributed by atoms with Crippen LogP contribution in [-0.4, -0.2) is 57.5 Å². The number of sulfonamides is 1. The van der Waals surface area contributed by atoms with Gasteiger partial charge < -0.3 is 4.74 Å². The van der Waals surface area contributed by atoms with E-state index >= 15 is 0 Å². The number of nitrogens with zero attached hydrogens (tertiary/aromatic N) is 2. The van der Waals surface area contributed by atoms with E-state index in [9.17, 15) is 8.42 Å². The molecule has 116 valence electrons. The van der Waals surface area contributed by atoms with Gasteiger partial charge in [-0.15, -0.1) is 6.58 Å². The van der Waals surface area contributed by atoms with Crippen LogP contribution in [0, 0.1) is 6.92 Å². The monoisotopic (exact) mass is 310 g/mol. The normalized spacial score (nSPS) is 17.6. The van der Waals surface area contributed by atoms with Crippen LogP contribution in [0.4, 0.5) is 0 Å². The molecule has 1 fully saturated rings. The second-order valence-electron chi connectivity index (χ2n) is 5.12. The Bertz CT molecular complexity index is 605. The molecule has 1 aromatic rings.